The third kappa shape index (κ3) is 6.00. The van der Waals surface area contributed by atoms with Crippen LogP contribution in [0, 0.1) is 0 Å². The SMILES string of the molecule is [2H]CC([2H])([2H])C([2H])([2H])C([2H])([2H])C([2H])([2H])C([2H])([2H])C([2H])([2H])[2H]. The van der Waals surface area contributed by atoms with Crippen molar-refractivity contribution < 1.29 is 19.2 Å². The van der Waals surface area contributed by atoms with E-state index in [0.29, 0.717) is 0 Å². The Morgan fingerprint density at radius 3 is 2.86 bits per heavy atom. The zero-order valence-corrected chi connectivity index (χ0v) is 3.71. The highest BCUT2D eigenvalue weighted by Crippen LogP contribution is 2.00. The first kappa shape index (κ1) is 0.630. The van der Waals surface area contributed by atoms with E-state index in [2.05, 4.69) is 0 Å². The van der Waals surface area contributed by atoms with Crippen molar-refractivity contribution in [1.29, 1.82) is 0 Å². The molecule has 0 aliphatic carbocycles. The Hall–Kier alpha value is 0. The second-order valence-corrected chi connectivity index (χ2v) is 0.677. The predicted octanol–water partition coefficient (Wildman–Crippen LogP) is 2.98. The number of hydrogen-bond donors (Lipinski definition) is 0. The smallest absolute Gasteiger partial charge is 0.0267 e. The van der Waals surface area contributed by atoms with E-state index in [9.17, 15) is 0 Å². The maximum absolute atomic E-state index is 7.53. The van der Waals surface area contributed by atoms with Gasteiger partial charge in [0.2, 0.25) is 0 Å². The first-order valence-corrected chi connectivity index (χ1v) is 1.60. The molecule has 0 spiro atoms. The first-order chi connectivity index (χ1) is 8.81. The van der Waals surface area contributed by atoms with Gasteiger partial charge in [-0.25, -0.2) is 0 Å². The molecule has 0 rings (SSSR count). The van der Waals surface area contributed by atoms with Gasteiger partial charge in [-0.3, -0.25) is 0 Å². The third-order valence-electron chi connectivity index (χ3n) is 0.276. The van der Waals surface area contributed by atoms with Gasteiger partial charge >= 0.3 is 0 Å². The molecular weight excluding hydrogens is 84.1 g/mol. The summed E-state index contributed by atoms with van der Waals surface area (Å²) in [6.07, 6.45) is -18.3. The largest absolute Gasteiger partial charge is 0.0654 e. The van der Waals surface area contributed by atoms with Crippen LogP contribution in [-0.4, -0.2) is 0 Å². The summed E-state index contributed by atoms with van der Waals surface area (Å²) in [6, 6.07) is 0. The average Bonchev–Trinajstić information content (AvgIpc) is 2.26. The van der Waals surface area contributed by atoms with Crippen LogP contribution in [0.1, 0.15) is 64.8 Å². The molecule has 44 valence electrons. The summed E-state index contributed by atoms with van der Waals surface area (Å²) in [4.78, 5) is 0. The topological polar surface area (TPSA) is 0 Å². The molecule has 0 N–H and O–H groups in total. The Bertz CT molecular complexity index is 375. The molecule has 0 aliphatic rings. The molecule has 7 heavy (non-hydrogen) atoms. The highest BCUT2D eigenvalue weighted by molar-refractivity contribution is 4.35. The molecule has 0 aromatic heterocycles. The standard InChI is InChI=1S/C7H16/c1-3-5-7-6-4-2/h3-7H2,1-2H3/i1D,2D3,3D2,4D2,5D2,6D2,7D2. The molecule has 0 atom stereocenters. The fourth-order valence-electron chi connectivity index (χ4n) is 0.107. The molecule has 0 aromatic carbocycles. The van der Waals surface area contributed by atoms with Gasteiger partial charge in [-0.1, -0.05) is 45.6 Å². The van der Waals surface area contributed by atoms with Crippen LogP contribution in [0.3, 0.4) is 0 Å². The van der Waals surface area contributed by atoms with Crippen LogP contribution < -0.4 is 0 Å². The maximum atomic E-state index is 7.53. The lowest BCUT2D eigenvalue weighted by Crippen LogP contribution is -1.70. The van der Waals surface area contributed by atoms with Gasteiger partial charge in [0.25, 0.3) is 0 Å². The molecule has 0 aromatic rings. The Morgan fingerprint density at radius 2 is 2.14 bits per heavy atom. The lowest BCUT2D eigenvalue weighted by molar-refractivity contribution is 0.656. The minimum absolute atomic E-state index is 1.24. The number of rotatable bonds is 4. The van der Waals surface area contributed by atoms with Crippen molar-refractivity contribution in [2.45, 2.75) is 45.6 Å². The second kappa shape index (κ2) is 6.00. The van der Waals surface area contributed by atoms with E-state index in [1.54, 1.807) is 0 Å². The summed E-state index contributed by atoms with van der Waals surface area (Å²) in [6.45, 7) is -4.83. The van der Waals surface area contributed by atoms with E-state index in [-0.39, 0.29) is 0 Å². The van der Waals surface area contributed by atoms with E-state index in [4.69, 9.17) is 19.2 Å². The molecule has 0 saturated heterocycles. The van der Waals surface area contributed by atoms with Crippen molar-refractivity contribution in [2.75, 3.05) is 0 Å². The van der Waals surface area contributed by atoms with Gasteiger partial charge in [0.1, 0.15) is 0 Å². The first-order valence-electron chi connectivity index (χ1n) is 8.81. The zero-order chi connectivity index (χ0) is 17.7. The monoisotopic (exact) mass is 114 g/mol. The van der Waals surface area contributed by atoms with E-state index < -0.39 is 45.6 Å². The lowest BCUT2D eigenvalue weighted by atomic mass is 10.2. The Morgan fingerprint density at radius 1 is 1.29 bits per heavy atom. The lowest BCUT2D eigenvalue weighted by Gasteiger charge is -1.90. The van der Waals surface area contributed by atoms with Crippen LogP contribution in [0.15, 0.2) is 0 Å². The molecule has 0 amide bonds. The van der Waals surface area contributed by atoms with Crippen molar-refractivity contribution in [3.05, 3.63) is 0 Å². The summed E-state index contributed by atoms with van der Waals surface area (Å²) in [5.41, 5.74) is 0. The second-order valence-electron chi connectivity index (χ2n) is 0.677. The van der Waals surface area contributed by atoms with Crippen LogP contribution in [-0.2, 0) is 0 Å². The van der Waals surface area contributed by atoms with Crippen molar-refractivity contribution >= 4 is 0 Å². The van der Waals surface area contributed by atoms with Crippen LogP contribution in [0.25, 0.3) is 0 Å². The molecule has 0 nitrogen and oxygen atoms in total. The van der Waals surface area contributed by atoms with Crippen LogP contribution in [0.5, 0.6) is 0 Å². The quantitative estimate of drug-likeness (QED) is 0.527. The zero-order valence-electron chi connectivity index (χ0n) is 17.7. The van der Waals surface area contributed by atoms with Gasteiger partial charge in [0.15, 0.2) is 0 Å². The van der Waals surface area contributed by atoms with Gasteiger partial charge in [0, 0.05) is 19.2 Å². The summed E-state index contributed by atoms with van der Waals surface area (Å²) in [7, 11) is 0. The van der Waals surface area contributed by atoms with Crippen LogP contribution in [0.4, 0.5) is 0 Å². The fourth-order valence-corrected chi connectivity index (χ4v) is 0.107. The predicted molar refractivity (Wildman–Crippen MR) is 34.4 cm³/mol. The van der Waals surface area contributed by atoms with E-state index in [0.717, 1.165) is 0 Å². The molecule has 0 heterocycles. The summed E-state index contributed by atoms with van der Waals surface area (Å²) in [5, 5.41) is 0. The van der Waals surface area contributed by atoms with E-state index in [1.165, 1.54) is 0 Å². The van der Waals surface area contributed by atoms with Gasteiger partial charge in [0.05, 0.1) is 0 Å². The summed E-state index contributed by atoms with van der Waals surface area (Å²) >= 11 is 0. The van der Waals surface area contributed by atoms with Crippen molar-refractivity contribution in [3.63, 3.8) is 0 Å². The molecule has 0 unspecified atom stereocenters. The maximum Gasteiger partial charge on any atom is 0.0267 e. The molecular formula is C7H16. The molecule has 0 bridgehead atoms. The Balaban J connectivity index is 6.14. The Kier molecular flexibility index (Phi) is 0.540. The summed E-state index contributed by atoms with van der Waals surface area (Å²) in [5.74, 6) is 0. The van der Waals surface area contributed by atoms with Crippen LogP contribution >= 0.6 is 0 Å². The number of hydrogen-bond acceptors (Lipinski definition) is 0. The molecule has 0 fully saturated rings. The Labute approximate surface area is 66.6 Å². The molecule has 0 saturated carbocycles. The van der Waals surface area contributed by atoms with Gasteiger partial charge in [-0.05, 0) is 0 Å². The van der Waals surface area contributed by atoms with Gasteiger partial charge in [-0.15, -0.1) is 0 Å². The molecule has 0 aliphatic heterocycles. The summed E-state index contributed by atoms with van der Waals surface area (Å²) < 4.78 is 102. The van der Waals surface area contributed by atoms with Gasteiger partial charge in [-0.2, -0.15) is 0 Å². The third-order valence-corrected chi connectivity index (χ3v) is 0.276. The molecule has 0 radical (unpaired) electrons. The minimum Gasteiger partial charge on any atom is -0.0654 e. The normalized spacial score (nSPS) is 50.9. The highest BCUT2D eigenvalue weighted by Gasteiger charge is 1.80. The van der Waals surface area contributed by atoms with Crippen molar-refractivity contribution in [2.24, 2.45) is 0 Å². The van der Waals surface area contributed by atoms with Crippen molar-refractivity contribution in [3.8, 4) is 0 Å². The van der Waals surface area contributed by atoms with E-state index >= 15 is 0 Å². The van der Waals surface area contributed by atoms with Crippen molar-refractivity contribution in [1.82, 2.24) is 0 Å². The van der Waals surface area contributed by atoms with Crippen LogP contribution in [0.2, 0.25) is 0 Å². The minimum atomic E-state index is -3.88. The van der Waals surface area contributed by atoms with Gasteiger partial charge < -0.3 is 0 Å². The highest BCUT2D eigenvalue weighted by atomic mass is 13.9. The van der Waals surface area contributed by atoms with E-state index in [1.807, 2.05) is 0 Å². The fraction of sp³-hybridized carbons (Fsp3) is 1.00. The molecule has 0 heteroatoms. The average molecular weight is 114 g/mol.